The molecule has 0 aliphatic heterocycles. The van der Waals surface area contributed by atoms with Crippen LogP contribution in [-0.2, 0) is 17.1 Å². The molecule has 9 heteroatoms. The van der Waals surface area contributed by atoms with Crippen molar-refractivity contribution in [3.05, 3.63) is 59.5 Å². The molecule has 4 aromatic rings. The van der Waals surface area contributed by atoms with Crippen LogP contribution in [0.15, 0.2) is 63.0 Å². The molecule has 1 N–H and O–H groups in total. The second-order valence-electron chi connectivity index (χ2n) is 5.27. The van der Waals surface area contributed by atoms with Crippen LogP contribution in [0, 0.1) is 0 Å². The van der Waals surface area contributed by atoms with Crippen molar-refractivity contribution < 1.29 is 12.8 Å². The summed E-state index contributed by atoms with van der Waals surface area (Å²) in [5, 5.41) is 0. The van der Waals surface area contributed by atoms with E-state index in [0.717, 1.165) is 0 Å². The average molecular weight is 344 g/mol. The minimum atomic E-state index is -3.82. The summed E-state index contributed by atoms with van der Waals surface area (Å²) in [5.41, 5.74) is 1.86. The molecule has 0 aliphatic carbocycles. The lowest BCUT2D eigenvalue weighted by Crippen LogP contribution is -2.13. The molecular weight excluding hydrogens is 332 g/mol. The average Bonchev–Trinajstić information content (AvgIpc) is 3.11. The standard InChI is InChI=1S/C15H12N4O4S/c1-18-12-4-3-11(8-13(12)23-15(18)20)24(21,22)17-10-2-5-14-16-6-7-19(14)9-10/h2-9,17H,1H3. The van der Waals surface area contributed by atoms with E-state index in [-0.39, 0.29) is 10.5 Å². The smallest absolute Gasteiger partial charge is 0.408 e. The Morgan fingerprint density at radius 1 is 1.21 bits per heavy atom. The van der Waals surface area contributed by atoms with Gasteiger partial charge < -0.3 is 8.82 Å². The van der Waals surface area contributed by atoms with E-state index in [2.05, 4.69) is 9.71 Å². The molecule has 122 valence electrons. The summed E-state index contributed by atoms with van der Waals surface area (Å²) in [6.07, 6.45) is 4.97. The molecule has 0 saturated carbocycles. The van der Waals surface area contributed by atoms with Gasteiger partial charge in [-0.15, -0.1) is 0 Å². The maximum Gasteiger partial charge on any atom is 0.419 e. The zero-order valence-electron chi connectivity index (χ0n) is 12.5. The Bertz CT molecular complexity index is 1230. The van der Waals surface area contributed by atoms with Gasteiger partial charge in [-0.25, -0.2) is 18.2 Å². The van der Waals surface area contributed by atoms with Crippen LogP contribution in [0.4, 0.5) is 5.69 Å². The lowest BCUT2D eigenvalue weighted by Gasteiger charge is -2.08. The number of imidazole rings is 1. The third-order valence-electron chi connectivity index (χ3n) is 3.72. The first-order valence-corrected chi connectivity index (χ1v) is 8.47. The number of sulfonamides is 1. The number of nitrogens with one attached hydrogen (secondary N) is 1. The first-order valence-electron chi connectivity index (χ1n) is 6.99. The molecule has 0 spiro atoms. The van der Waals surface area contributed by atoms with Crippen molar-refractivity contribution in [2.45, 2.75) is 4.90 Å². The highest BCUT2D eigenvalue weighted by Gasteiger charge is 2.17. The number of hydrogen-bond donors (Lipinski definition) is 1. The molecule has 0 bridgehead atoms. The fourth-order valence-electron chi connectivity index (χ4n) is 2.48. The quantitative estimate of drug-likeness (QED) is 0.608. The molecular formula is C15H12N4O4S. The Balaban J connectivity index is 1.75. The van der Waals surface area contributed by atoms with Gasteiger partial charge in [0.1, 0.15) is 5.65 Å². The predicted octanol–water partition coefficient (Wildman–Crippen LogP) is 1.58. The summed E-state index contributed by atoms with van der Waals surface area (Å²) in [7, 11) is -2.26. The minimum absolute atomic E-state index is 0.00933. The number of nitrogens with zero attached hydrogens (tertiary/aromatic N) is 3. The molecule has 0 fully saturated rings. The van der Waals surface area contributed by atoms with Crippen molar-refractivity contribution in [2.24, 2.45) is 7.05 Å². The van der Waals surface area contributed by atoms with E-state index in [0.29, 0.717) is 16.9 Å². The summed E-state index contributed by atoms with van der Waals surface area (Å²) < 4.78 is 35.6. The van der Waals surface area contributed by atoms with Crippen LogP contribution in [0.1, 0.15) is 0 Å². The number of benzene rings is 1. The molecule has 0 radical (unpaired) electrons. The van der Waals surface area contributed by atoms with E-state index in [1.54, 1.807) is 42.2 Å². The maximum absolute atomic E-state index is 12.5. The molecule has 4 rings (SSSR count). The van der Waals surface area contributed by atoms with E-state index < -0.39 is 15.8 Å². The SMILES string of the molecule is Cn1c(=O)oc2cc(S(=O)(=O)Nc3ccc4nccn4c3)ccc21. The normalized spacial score (nSPS) is 12.0. The predicted molar refractivity (Wildman–Crippen MR) is 87.5 cm³/mol. The number of aromatic nitrogens is 3. The third kappa shape index (κ3) is 2.26. The molecule has 24 heavy (non-hydrogen) atoms. The zero-order valence-corrected chi connectivity index (χ0v) is 13.3. The molecule has 0 saturated heterocycles. The topological polar surface area (TPSA) is 98.6 Å². The van der Waals surface area contributed by atoms with Gasteiger partial charge in [-0.3, -0.25) is 9.29 Å². The summed E-state index contributed by atoms with van der Waals surface area (Å²) in [6, 6.07) is 7.62. The van der Waals surface area contributed by atoms with E-state index >= 15 is 0 Å². The third-order valence-corrected chi connectivity index (χ3v) is 5.09. The Morgan fingerprint density at radius 2 is 2.04 bits per heavy atom. The number of rotatable bonds is 3. The highest BCUT2D eigenvalue weighted by Crippen LogP contribution is 2.21. The molecule has 0 amide bonds. The van der Waals surface area contributed by atoms with Gasteiger partial charge in [-0.2, -0.15) is 0 Å². The van der Waals surface area contributed by atoms with Crippen LogP contribution in [-0.4, -0.2) is 22.4 Å². The summed E-state index contributed by atoms with van der Waals surface area (Å²) in [4.78, 5) is 15.6. The van der Waals surface area contributed by atoms with Crippen LogP contribution >= 0.6 is 0 Å². The van der Waals surface area contributed by atoms with Crippen molar-refractivity contribution in [3.8, 4) is 0 Å². The van der Waals surface area contributed by atoms with Crippen LogP contribution in [0.5, 0.6) is 0 Å². The lowest BCUT2D eigenvalue weighted by atomic mass is 10.3. The highest BCUT2D eigenvalue weighted by molar-refractivity contribution is 7.92. The van der Waals surface area contributed by atoms with E-state index in [1.165, 1.54) is 22.8 Å². The van der Waals surface area contributed by atoms with Gasteiger partial charge in [0.2, 0.25) is 0 Å². The van der Waals surface area contributed by atoms with Crippen LogP contribution in [0.25, 0.3) is 16.7 Å². The number of hydrogen-bond acceptors (Lipinski definition) is 5. The van der Waals surface area contributed by atoms with Gasteiger partial charge in [0.05, 0.1) is 16.1 Å². The van der Waals surface area contributed by atoms with Crippen LogP contribution in [0.2, 0.25) is 0 Å². The second-order valence-corrected chi connectivity index (χ2v) is 6.95. The van der Waals surface area contributed by atoms with Gasteiger partial charge in [-0.05, 0) is 24.3 Å². The maximum atomic E-state index is 12.5. The summed E-state index contributed by atoms with van der Waals surface area (Å²) in [5.74, 6) is -0.543. The molecule has 3 aromatic heterocycles. The zero-order chi connectivity index (χ0) is 16.9. The number of anilines is 1. The van der Waals surface area contributed by atoms with Gasteiger partial charge >= 0.3 is 5.76 Å². The lowest BCUT2D eigenvalue weighted by molar-refractivity contribution is 0.527. The van der Waals surface area contributed by atoms with Crippen LogP contribution < -0.4 is 10.5 Å². The van der Waals surface area contributed by atoms with E-state index in [9.17, 15) is 13.2 Å². The van der Waals surface area contributed by atoms with Crippen molar-refractivity contribution in [3.63, 3.8) is 0 Å². The molecule has 0 atom stereocenters. The highest BCUT2D eigenvalue weighted by atomic mass is 32.2. The largest absolute Gasteiger partial charge is 0.419 e. The van der Waals surface area contributed by atoms with E-state index in [1.807, 2.05) is 0 Å². The molecule has 1 aromatic carbocycles. The van der Waals surface area contributed by atoms with Gasteiger partial charge in [0.25, 0.3) is 10.0 Å². The molecule has 3 heterocycles. The molecule has 0 unspecified atom stereocenters. The number of fused-ring (bicyclic) bond motifs is 2. The number of oxazole rings is 1. The number of aryl methyl sites for hydroxylation is 1. The fourth-order valence-corrected chi connectivity index (χ4v) is 3.53. The first-order chi connectivity index (χ1) is 11.4. The minimum Gasteiger partial charge on any atom is -0.408 e. The van der Waals surface area contributed by atoms with Crippen molar-refractivity contribution in [1.29, 1.82) is 0 Å². The van der Waals surface area contributed by atoms with Crippen molar-refractivity contribution >= 4 is 32.5 Å². The molecule has 0 aliphatic rings. The van der Waals surface area contributed by atoms with E-state index in [4.69, 9.17) is 4.42 Å². The number of pyridine rings is 1. The second kappa shape index (κ2) is 4.96. The van der Waals surface area contributed by atoms with Crippen molar-refractivity contribution in [2.75, 3.05) is 4.72 Å². The van der Waals surface area contributed by atoms with Crippen molar-refractivity contribution in [1.82, 2.24) is 14.0 Å². The first kappa shape index (κ1) is 14.5. The molecule has 8 nitrogen and oxygen atoms in total. The monoisotopic (exact) mass is 344 g/mol. The Hall–Kier alpha value is -3.07. The Morgan fingerprint density at radius 3 is 2.88 bits per heavy atom. The Labute approximate surface area is 136 Å². The van der Waals surface area contributed by atoms with Gasteiger partial charge in [0, 0.05) is 31.7 Å². The summed E-state index contributed by atoms with van der Waals surface area (Å²) in [6.45, 7) is 0. The van der Waals surface area contributed by atoms with Crippen LogP contribution in [0.3, 0.4) is 0 Å². The Kier molecular flexibility index (Phi) is 3.00. The van der Waals surface area contributed by atoms with Gasteiger partial charge in [0.15, 0.2) is 5.58 Å². The fraction of sp³-hybridized carbons (Fsp3) is 0.0667. The summed E-state index contributed by atoms with van der Waals surface area (Å²) >= 11 is 0. The van der Waals surface area contributed by atoms with Gasteiger partial charge in [-0.1, -0.05) is 0 Å².